The second-order valence-electron chi connectivity index (χ2n) is 4.72. The molecule has 0 aromatic carbocycles. The summed E-state index contributed by atoms with van der Waals surface area (Å²) in [5.74, 6) is 0. The van der Waals surface area contributed by atoms with Crippen LogP contribution < -0.4 is 11.1 Å². The predicted molar refractivity (Wildman–Crippen MR) is 65.4 cm³/mol. The van der Waals surface area contributed by atoms with Gasteiger partial charge in [-0.1, -0.05) is 13.3 Å². The predicted octanol–water partition coefficient (Wildman–Crippen LogP) is 0.635. The summed E-state index contributed by atoms with van der Waals surface area (Å²) < 4.78 is 5.74. The summed E-state index contributed by atoms with van der Waals surface area (Å²) in [5, 5.41) is 12.3. The zero-order chi connectivity index (χ0) is 11.9. The van der Waals surface area contributed by atoms with Crippen molar-refractivity contribution in [1.82, 2.24) is 5.32 Å². The lowest BCUT2D eigenvalue weighted by molar-refractivity contribution is -0.0307. The first-order valence-corrected chi connectivity index (χ1v) is 6.44. The molecule has 0 radical (unpaired) electrons. The molecule has 4 N–H and O–H groups in total. The zero-order valence-electron chi connectivity index (χ0n) is 10.4. The number of nitrogens with one attached hydrogen (secondary N) is 1. The minimum absolute atomic E-state index is 0.0350. The van der Waals surface area contributed by atoms with Crippen molar-refractivity contribution >= 4 is 0 Å². The van der Waals surface area contributed by atoms with Crippen molar-refractivity contribution in [1.29, 1.82) is 0 Å². The molecule has 2 unspecified atom stereocenters. The van der Waals surface area contributed by atoms with E-state index in [-0.39, 0.29) is 12.1 Å². The third-order valence-electron chi connectivity index (χ3n) is 3.39. The molecule has 1 rings (SSSR count). The molecule has 0 aliphatic carbocycles. The largest absolute Gasteiger partial charge is 0.396 e. The van der Waals surface area contributed by atoms with Gasteiger partial charge in [0.05, 0.1) is 6.10 Å². The van der Waals surface area contributed by atoms with Crippen LogP contribution in [0.5, 0.6) is 0 Å². The number of aliphatic hydroxyl groups excluding tert-OH is 1. The monoisotopic (exact) mass is 230 g/mol. The number of aliphatic hydroxyl groups is 1. The molecule has 0 aromatic rings. The van der Waals surface area contributed by atoms with Gasteiger partial charge in [-0.3, -0.25) is 0 Å². The highest BCUT2D eigenvalue weighted by Crippen LogP contribution is 2.26. The van der Waals surface area contributed by atoms with Crippen molar-refractivity contribution in [2.24, 2.45) is 5.73 Å². The smallest absolute Gasteiger partial charge is 0.0593 e. The minimum atomic E-state index is 0.0350. The number of hydrogen-bond donors (Lipinski definition) is 3. The van der Waals surface area contributed by atoms with E-state index in [0.29, 0.717) is 12.6 Å². The van der Waals surface area contributed by atoms with Gasteiger partial charge in [0.15, 0.2) is 0 Å². The normalized spacial score (nSPS) is 30.6. The molecule has 2 atom stereocenters. The van der Waals surface area contributed by atoms with Crippen LogP contribution in [-0.2, 0) is 4.74 Å². The van der Waals surface area contributed by atoms with E-state index in [2.05, 4.69) is 12.2 Å². The van der Waals surface area contributed by atoms with Crippen LogP contribution in [0.3, 0.4) is 0 Å². The summed E-state index contributed by atoms with van der Waals surface area (Å²) in [7, 11) is 0. The molecule has 0 aromatic heterocycles. The fourth-order valence-electron chi connectivity index (χ4n) is 2.38. The number of rotatable bonds is 7. The molecule has 16 heavy (non-hydrogen) atoms. The average Bonchev–Trinajstić information content (AvgIpc) is 2.30. The molecule has 0 amide bonds. The van der Waals surface area contributed by atoms with Crippen LogP contribution in [0.15, 0.2) is 0 Å². The summed E-state index contributed by atoms with van der Waals surface area (Å²) in [6.45, 7) is 4.71. The Bertz CT molecular complexity index is 188. The van der Waals surface area contributed by atoms with Crippen molar-refractivity contribution in [3.63, 3.8) is 0 Å². The van der Waals surface area contributed by atoms with E-state index in [1.165, 1.54) is 0 Å². The first-order valence-electron chi connectivity index (χ1n) is 6.44. The van der Waals surface area contributed by atoms with E-state index in [0.717, 1.165) is 45.3 Å². The van der Waals surface area contributed by atoms with Crippen LogP contribution in [0.1, 0.15) is 39.0 Å². The maximum Gasteiger partial charge on any atom is 0.0593 e. The third kappa shape index (κ3) is 4.01. The highest BCUT2D eigenvalue weighted by molar-refractivity contribution is 4.94. The van der Waals surface area contributed by atoms with Gasteiger partial charge in [-0.05, 0) is 32.2 Å². The van der Waals surface area contributed by atoms with E-state index < -0.39 is 0 Å². The van der Waals surface area contributed by atoms with Gasteiger partial charge in [-0.15, -0.1) is 0 Å². The Morgan fingerprint density at radius 3 is 3.00 bits per heavy atom. The van der Waals surface area contributed by atoms with E-state index >= 15 is 0 Å². The average molecular weight is 230 g/mol. The van der Waals surface area contributed by atoms with Gasteiger partial charge in [0.25, 0.3) is 0 Å². The summed E-state index contributed by atoms with van der Waals surface area (Å²) in [6.07, 6.45) is 5.40. The van der Waals surface area contributed by atoms with Gasteiger partial charge in [0.1, 0.15) is 0 Å². The highest BCUT2D eigenvalue weighted by atomic mass is 16.5. The first-order chi connectivity index (χ1) is 7.76. The van der Waals surface area contributed by atoms with Gasteiger partial charge in [0.2, 0.25) is 0 Å². The first kappa shape index (κ1) is 13.9. The van der Waals surface area contributed by atoms with E-state index in [1.807, 2.05) is 0 Å². The maximum absolute atomic E-state index is 8.79. The molecule has 96 valence electrons. The molecule has 0 bridgehead atoms. The van der Waals surface area contributed by atoms with Crippen molar-refractivity contribution < 1.29 is 9.84 Å². The van der Waals surface area contributed by atoms with E-state index in [1.54, 1.807) is 0 Å². The second-order valence-corrected chi connectivity index (χ2v) is 4.72. The Labute approximate surface area is 98.5 Å². The van der Waals surface area contributed by atoms with Gasteiger partial charge < -0.3 is 20.9 Å². The molecule has 4 heteroatoms. The number of hydrogen-bond acceptors (Lipinski definition) is 4. The molecule has 4 nitrogen and oxygen atoms in total. The van der Waals surface area contributed by atoms with Crippen molar-refractivity contribution in [2.75, 3.05) is 26.3 Å². The SMILES string of the molecule is CCCC1CC(CN)(NCCCO)CCO1. The van der Waals surface area contributed by atoms with Crippen LogP contribution in [0.4, 0.5) is 0 Å². The quantitative estimate of drug-likeness (QED) is 0.561. The summed E-state index contributed by atoms with van der Waals surface area (Å²) >= 11 is 0. The summed E-state index contributed by atoms with van der Waals surface area (Å²) in [5.41, 5.74) is 5.93. The lowest BCUT2D eigenvalue weighted by atomic mass is 9.85. The number of nitrogens with two attached hydrogens (primary N) is 1. The molecule has 1 saturated heterocycles. The molecular weight excluding hydrogens is 204 g/mol. The van der Waals surface area contributed by atoms with Gasteiger partial charge in [-0.25, -0.2) is 0 Å². The topological polar surface area (TPSA) is 67.5 Å². The molecule has 1 aliphatic rings. The zero-order valence-corrected chi connectivity index (χ0v) is 10.4. The molecular formula is C12H26N2O2. The summed E-state index contributed by atoms with van der Waals surface area (Å²) in [4.78, 5) is 0. The van der Waals surface area contributed by atoms with Crippen LogP contribution in [0, 0.1) is 0 Å². The van der Waals surface area contributed by atoms with Crippen LogP contribution >= 0.6 is 0 Å². The van der Waals surface area contributed by atoms with Crippen molar-refractivity contribution in [3.05, 3.63) is 0 Å². The molecule has 0 saturated carbocycles. The maximum atomic E-state index is 8.79. The Hall–Kier alpha value is -0.160. The Balaban J connectivity index is 2.43. The van der Waals surface area contributed by atoms with Crippen LogP contribution in [0.2, 0.25) is 0 Å². The second kappa shape index (κ2) is 7.22. The van der Waals surface area contributed by atoms with Crippen LogP contribution in [0.25, 0.3) is 0 Å². The van der Waals surface area contributed by atoms with Gasteiger partial charge in [-0.2, -0.15) is 0 Å². The van der Waals surface area contributed by atoms with Crippen molar-refractivity contribution in [3.8, 4) is 0 Å². The fourth-order valence-corrected chi connectivity index (χ4v) is 2.38. The summed E-state index contributed by atoms with van der Waals surface area (Å²) in [6, 6.07) is 0. The lowest BCUT2D eigenvalue weighted by Crippen LogP contribution is -2.56. The Kier molecular flexibility index (Phi) is 6.28. The third-order valence-corrected chi connectivity index (χ3v) is 3.39. The standard InChI is InChI=1S/C12H26N2O2/c1-2-4-11-9-12(10-13,5-8-16-11)14-6-3-7-15/h11,14-15H,2-10,13H2,1H3. The van der Waals surface area contributed by atoms with Gasteiger partial charge in [0, 0.05) is 25.3 Å². The molecule has 1 aliphatic heterocycles. The lowest BCUT2D eigenvalue weighted by Gasteiger charge is -2.41. The van der Waals surface area contributed by atoms with Gasteiger partial charge >= 0.3 is 0 Å². The molecule has 1 fully saturated rings. The van der Waals surface area contributed by atoms with Crippen molar-refractivity contribution in [2.45, 2.75) is 50.7 Å². The fraction of sp³-hybridized carbons (Fsp3) is 1.00. The van der Waals surface area contributed by atoms with E-state index in [4.69, 9.17) is 15.6 Å². The minimum Gasteiger partial charge on any atom is -0.396 e. The molecule has 1 heterocycles. The Morgan fingerprint density at radius 1 is 1.56 bits per heavy atom. The number of ether oxygens (including phenoxy) is 1. The van der Waals surface area contributed by atoms with Crippen LogP contribution in [-0.4, -0.2) is 43.1 Å². The van der Waals surface area contributed by atoms with E-state index in [9.17, 15) is 0 Å². The Morgan fingerprint density at radius 2 is 2.38 bits per heavy atom. The highest BCUT2D eigenvalue weighted by Gasteiger charge is 2.34. The molecule has 0 spiro atoms.